The minimum absolute atomic E-state index is 0.0108. The number of thiazole rings is 1. The molecule has 3 rings (SSSR count). The van der Waals surface area contributed by atoms with Gasteiger partial charge in [0.1, 0.15) is 0 Å². The molecular weight excluding hydrogens is 510 g/mol. The minimum atomic E-state index is -3.92. The van der Waals surface area contributed by atoms with Crippen molar-refractivity contribution in [3.8, 4) is 12.1 Å². The molecule has 2 aromatic carbocycles. The van der Waals surface area contributed by atoms with Crippen LogP contribution in [-0.2, 0) is 21.3 Å². The van der Waals surface area contributed by atoms with Crippen LogP contribution in [0.4, 0.5) is 0 Å². The molecular formula is C26H29N5O4S2. The largest absolute Gasteiger partial charge is 0.380 e. The topological polar surface area (TPSA) is 129 Å². The van der Waals surface area contributed by atoms with Crippen molar-refractivity contribution in [2.45, 2.75) is 45.1 Å². The van der Waals surface area contributed by atoms with E-state index in [1.807, 2.05) is 37.5 Å². The third-order valence-corrected chi connectivity index (χ3v) is 8.80. The standard InChI is InChI=1S/C26H29N5O4S2/c1-4-35-16-15-31-23-18-19(2)17-20(3)24(23)36-26(31)29-25(32)21-7-9-22(10-8-21)37(33,34)30(13-5-11-27)14-6-12-28/h7-10,17-18H,4-6,13-16H2,1-3H3. The lowest BCUT2D eigenvalue weighted by Gasteiger charge is -2.20. The summed E-state index contributed by atoms with van der Waals surface area (Å²) in [6.45, 7) is 7.57. The van der Waals surface area contributed by atoms with Gasteiger partial charge in [-0.15, -0.1) is 0 Å². The second kappa shape index (κ2) is 12.7. The van der Waals surface area contributed by atoms with Gasteiger partial charge in [-0.05, 0) is 62.2 Å². The van der Waals surface area contributed by atoms with Gasteiger partial charge < -0.3 is 9.30 Å². The molecule has 0 saturated heterocycles. The molecule has 0 aliphatic heterocycles. The first kappa shape index (κ1) is 28.2. The Balaban J connectivity index is 1.95. The summed E-state index contributed by atoms with van der Waals surface area (Å²) in [6, 6.07) is 13.6. The van der Waals surface area contributed by atoms with E-state index in [9.17, 15) is 13.2 Å². The molecule has 0 spiro atoms. The Hall–Kier alpha value is -3.35. The molecule has 9 nitrogen and oxygen atoms in total. The molecule has 37 heavy (non-hydrogen) atoms. The van der Waals surface area contributed by atoms with Crippen molar-refractivity contribution in [1.29, 1.82) is 10.5 Å². The number of carbonyl (C=O) groups is 1. The van der Waals surface area contributed by atoms with E-state index in [4.69, 9.17) is 15.3 Å². The number of aryl methyl sites for hydroxylation is 2. The van der Waals surface area contributed by atoms with Crippen LogP contribution in [0.1, 0.15) is 41.3 Å². The van der Waals surface area contributed by atoms with Gasteiger partial charge in [0, 0.05) is 44.6 Å². The predicted octanol–water partition coefficient (Wildman–Crippen LogP) is 3.92. The molecule has 0 N–H and O–H groups in total. The van der Waals surface area contributed by atoms with Crippen LogP contribution in [0.3, 0.4) is 0 Å². The number of benzene rings is 2. The fourth-order valence-electron chi connectivity index (χ4n) is 3.89. The van der Waals surface area contributed by atoms with Gasteiger partial charge in [-0.2, -0.15) is 19.8 Å². The number of fused-ring (bicyclic) bond motifs is 1. The van der Waals surface area contributed by atoms with Crippen molar-refractivity contribution in [2.75, 3.05) is 26.3 Å². The predicted molar refractivity (Wildman–Crippen MR) is 141 cm³/mol. The van der Waals surface area contributed by atoms with Gasteiger partial charge in [-0.25, -0.2) is 8.42 Å². The molecule has 0 bridgehead atoms. The minimum Gasteiger partial charge on any atom is -0.380 e. The third-order valence-electron chi connectivity index (χ3n) is 5.66. The molecule has 0 saturated carbocycles. The normalized spacial score (nSPS) is 12.1. The smallest absolute Gasteiger partial charge is 0.279 e. The number of rotatable bonds is 11. The average Bonchev–Trinajstić information content (AvgIpc) is 3.21. The molecule has 1 amide bonds. The summed E-state index contributed by atoms with van der Waals surface area (Å²) in [5.41, 5.74) is 3.46. The summed E-state index contributed by atoms with van der Waals surface area (Å²) in [7, 11) is -3.92. The fourth-order valence-corrected chi connectivity index (χ4v) is 6.43. The number of aromatic nitrogens is 1. The van der Waals surface area contributed by atoms with Crippen LogP contribution in [0.15, 0.2) is 46.3 Å². The van der Waals surface area contributed by atoms with E-state index in [1.165, 1.54) is 35.6 Å². The number of amides is 1. The number of nitriles is 2. The fraction of sp³-hybridized carbons (Fsp3) is 0.385. The number of sulfonamides is 1. The zero-order chi connectivity index (χ0) is 27.0. The van der Waals surface area contributed by atoms with Crippen LogP contribution in [0.25, 0.3) is 10.2 Å². The maximum Gasteiger partial charge on any atom is 0.279 e. The molecule has 0 aliphatic rings. The molecule has 0 atom stereocenters. The van der Waals surface area contributed by atoms with Gasteiger partial charge in [0.15, 0.2) is 4.80 Å². The number of hydrogen-bond acceptors (Lipinski definition) is 7. The summed E-state index contributed by atoms with van der Waals surface area (Å²) >= 11 is 1.43. The van der Waals surface area contributed by atoms with Gasteiger partial charge >= 0.3 is 0 Å². The highest BCUT2D eigenvalue weighted by molar-refractivity contribution is 7.89. The molecule has 3 aromatic rings. The third kappa shape index (κ3) is 6.70. The van der Waals surface area contributed by atoms with Crippen LogP contribution >= 0.6 is 11.3 Å². The van der Waals surface area contributed by atoms with E-state index in [-0.39, 0.29) is 36.4 Å². The van der Waals surface area contributed by atoms with E-state index in [2.05, 4.69) is 17.1 Å². The Morgan fingerprint density at radius 1 is 1.11 bits per heavy atom. The van der Waals surface area contributed by atoms with Gasteiger partial charge in [0.25, 0.3) is 5.91 Å². The summed E-state index contributed by atoms with van der Waals surface area (Å²) in [6.07, 6.45) is 0.0230. The SMILES string of the molecule is CCOCCn1c(=NC(=O)c2ccc(S(=O)(=O)N(CCC#N)CCC#N)cc2)sc2c(C)cc(C)cc21. The van der Waals surface area contributed by atoms with Crippen molar-refractivity contribution in [2.24, 2.45) is 4.99 Å². The summed E-state index contributed by atoms with van der Waals surface area (Å²) in [5, 5.41) is 17.7. The number of hydrogen-bond donors (Lipinski definition) is 0. The quantitative estimate of drug-likeness (QED) is 0.340. The van der Waals surface area contributed by atoms with Gasteiger partial charge in [0.2, 0.25) is 10.0 Å². The van der Waals surface area contributed by atoms with Crippen LogP contribution in [0, 0.1) is 36.5 Å². The van der Waals surface area contributed by atoms with Crippen LogP contribution in [0.2, 0.25) is 0 Å². The van der Waals surface area contributed by atoms with Crippen LogP contribution in [0.5, 0.6) is 0 Å². The van der Waals surface area contributed by atoms with Crippen molar-refractivity contribution in [1.82, 2.24) is 8.87 Å². The highest BCUT2D eigenvalue weighted by atomic mass is 32.2. The lowest BCUT2D eigenvalue weighted by Crippen LogP contribution is -2.32. The Bertz CT molecular complexity index is 1510. The van der Waals surface area contributed by atoms with E-state index < -0.39 is 15.9 Å². The average molecular weight is 540 g/mol. The summed E-state index contributed by atoms with van der Waals surface area (Å²) < 4.78 is 35.7. The monoisotopic (exact) mass is 539 g/mol. The Morgan fingerprint density at radius 3 is 2.35 bits per heavy atom. The first-order valence-electron chi connectivity index (χ1n) is 11.8. The molecule has 1 aromatic heterocycles. The first-order chi connectivity index (χ1) is 17.7. The van der Waals surface area contributed by atoms with Crippen LogP contribution < -0.4 is 4.80 Å². The van der Waals surface area contributed by atoms with Crippen LogP contribution in [-0.4, -0.2) is 49.5 Å². The molecule has 0 fully saturated rings. The van der Waals surface area contributed by atoms with E-state index in [0.717, 1.165) is 25.6 Å². The highest BCUT2D eigenvalue weighted by Crippen LogP contribution is 2.24. The first-order valence-corrected chi connectivity index (χ1v) is 14.1. The summed E-state index contributed by atoms with van der Waals surface area (Å²) in [5.74, 6) is -0.485. The molecule has 11 heteroatoms. The van der Waals surface area contributed by atoms with E-state index >= 15 is 0 Å². The number of carbonyl (C=O) groups excluding carboxylic acids is 1. The maximum absolute atomic E-state index is 13.1. The maximum atomic E-state index is 13.1. The Morgan fingerprint density at radius 2 is 1.76 bits per heavy atom. The Labute approximate surface area is 220 Å². The molecule has 194 valence electrons. The van der Waals surface area contributed by atoms with Gasteiger partial charge in [0.05, 0.1) is 33.9 Å². The Kier molecular flexibility index (Phi) is 9.73. The zero-order valence-corrected chi connectivity index (χ0v) is 22.7. The van der Waals surface area contributed by atoms with Crippen molar-refractivity contribution < 1.29 is 17.9 Å². The highest BCUT2D eigenvalue weighted by Gasteiger charge is 2.24. The second-order valence-corrected chi connectivity index (χ2v) is 11.2. The lowest BCUT2D eigenvalue weighted by atomic mass is 10.1. The number of ether oxygens (including phenoxy) is 1. The molecule has 0 aliphatic carbocycles. The summed E-state index contributed by atoms with van der Waals surface area (Å²) in [4.78, 5) is 18.0. The molecule has 0 radical (unpaired) electrons. The lowest BCUT2D eigenvalue weighted by molar-refractivity contribution is 0.0996. The number of nitrogens with zero attached hydrogens (tertiary/aromatic N) is 5. The van der Waals surface area contributed by atoms with Crippen molar-refractivity contribution in [3.63, 3.8) is 0 Å². The van der Waals surface area contributed by atoms with Gasteiger partial charge in [-0.1, -0.05) is 17.4 Å². The second-order valence-electron chi connectivity index (χ2n) is 8.32. The van der Waals surface area contributed by atoms with Gasteiger partial charge in [-0.3, -0.25) is 4.79 Å². The van der Waals surface area contributed by atoms with E-state index in [1.54, 1.807) is 0 Å². The molecule has 0 unspecified atom stereocenters. The molecule has 1 heterocycles. The zero-order valence-electron chi connectivity index (χ0n) is 21.1. The van der Waals surface area contributed by atoms with E-state index in [0.29, 0.717) is 24.6 Å². The van der Waals surface area contributed by atoms with Crippen molar-refractivity contribution in [3.05, 3.63) is 57.9 Å². The van der Waals surface area contributed by atoms with Crippen molar-refractivity contribution >= 4 is 37.5 Å².